The van der Waals surface area contributed by atoms with Gasteiger partial charge in [0.15, 0.2) is 21.6 Å². The summed E-state index contributed by atoms with van der Waals surface area (Å²) >= 11 is 2.88. The largest absolute Gasteiger partial charge is 0.454 e. The number of rotatable bonds is 5. The molecule has 0 spiro atoms. The van der Waals surface area contributed by atoms with Crippen LogP contribution in [0, 0.1) is 12.8 Å². The van der Waals surface area contributed by atoms with Gasteiger partial charge in [0.1, 0.15) is 5.01 Å². The number of piperidine rings is 1. The lowest BCUT2D eigenvalue weighted by molar-refractivity contribution is -0.129. The molecule has 0 radical (unpaired) electrons. The van der Waals surface area contributed by atoms with Gasteiger partial charge in [0.05, 0.1) is 5.75 Å². The third-order valence-electron chi connectivity index (χ3n) is 4.63. The molecule has 27 heavy (non-hydrogen) atoms. The number of thioether (sulfide) groups is 1. The zero-order valence-electron chi connectivity index (χ0n) is 14.8. The van der Waals surface area contributed by atoms with E-state index in [-0.39, 0.29) is 24.4 Å². The molecule has 2 aromatic rings. The van der Waals surface area contributed by atoms with E-state index in [9.17, 15) is 9.59 Å². The van der Waals surface area contributed by atoms with Crippen molar-refractivity contribution in [3.8, 4) is 11.5 Å². The zero-order chi connectivity index (χ0) is 18.8. The third-order valence-corrected chi connectivity index (χ3v) is 6.59. The van der Waals surface area contributed by atoms with Gasteiger partial charge in [0.25, 0.3) is 0 Å². The quantitative estimate of drug-likeness (QED) is 0.559. The number of hydrogen-bond acceptors (Lipinski definition) is 8. The Bertz CT molecular complexity index is 870. The Morgan fingerprint density at radius 2 is 2.15 bits per heavy atom. The molecule has 9 heteroatoms. The van der Waals surface area contributed by atoms with Crippen LogP contribution in [0.4, 0.5) is 0 Å². The number of aryl methyl sites for hydroxylation is 1. The molecule has 1 aromatic heterocycles. The summed E-state index contributed by atoms with van der Waals surface area (Å²) in [5.41, 5.74) is 0.609. The Morgan fingerprint density at radius 3 is 2.96 bits per heavy atom. The summed E-state index contributed by atoms with van der Waals surface area (Å²) in [7, 11) is 0. The maximum atomic E-state index is 12.9. The van der Waals surface area contributed by atoms with Crippen molar-refractivity contribution in [2.24, 2.45) is 5.92 Å². The maximum Gasteiger partial charge on any atom is 0.233 e. The molecule has 7 nitrogen and oxygen atoms in total. The first-order valence-electron chi connectivity index (χ1n) is 8.74. The molecule has 0 saturated carbocycles. The monoisotopic (exact) mass is 405 g/mol. The van der Waals surface area contributed by atoms with Crippen molar-refractivity contribution >= 4 is 34.8 Å². The van der Waals surface area contributed by atoms with Gasteiger partial charge in [0.2, 0.25) is 12.7 Å². The van der Waals surface area contributed by atoms with Crippen LogP contribution in [-0.4, -0.2) is 52.4 Å². The smallest absolute Gasteiger partial charge is 0.233 e. The summed E-state index contributed by atoms with van der Waals surface area (Å²) in [6.07, 6.45) is 1.62. The number of ether oxygens (including phenoxy) is 2. The molecule has 0 N–H and O–H groups in total. The molecule has 2 aliphatic heterocycles. The number of hydrogen-bond donors (Lipinski definition) is 0. The van der Waals surface area contributed by atoms with Crippen LogP contribution in [0.5, 0.6) is 11.5 Å². The first kappa shape index (κ1) is 18.2. The van der Waals surface area contributed by atoms with Gasteiger partial charge in [-0.25, -0.2) is 0 Å². The molecular formula is C18H19N3O4S2. The average molecular weight is 406 g/mol. The Balaban J connectivity index is 1.37. The number of carbonyl (C=O) groups is 2. The first-order chi connectivity index (χ1) is 13.1. The van der Waals surface area contributed by atoms with Gasteiger partial charge in [-0.15, -0.1) is 10.2 Å². The van der Waals surface area contributed by atoms with Gasteiger partial charge in [0, 0.05) is 24.6 Å². The van der Waals surface area contributed by atoms with E-state index in [1.807, 2.05) is 6.92 Å². The molecule has 142 valence electrons. The van der Waals surface area contributed by atoms with Gasteiger partial charge < -0.3 is 14.4 Å². The van der Waals surface area contributed by atoms with Crippen molar-refractivity contribution in [1.29, 1.82) is 0 Å². The van der Waals surface area contributed by atoms with E-state index in [4.69, 9.17) is 9.47 Å². The number of amides is 1. The zero-order valence-corrected chi connectivity index (χ0v) is 16.5. The van der Waals surface area contributed by atoms with Crippen LogP contribution in [0.25, 0.3) is 0 Å². The van der Waals surface area contributed by atoms with Crippen molar-refractivity contribution in [3.63, 3.8) is 0 Å². The molecule has 0 aliphatic carbocycles. The van der Waals surface area contributed by atoms with E-state index >= 15 is 0 Å². The fraction of sp³-hybridized carbons (Fsp3) is 0.444. The fourth-order valence-electron chi connectivity index (χ4n) is 3.25. The van der Waals surface area contributed by atoms with Gasteiger partial charge in [-0.3, -0.25) is 9.59 Å². The average Bonchev–Trinajstić information content (AvgIpc) is 3.33. The predicted octanol–water partition coefficient (Wildman–Crippen LogP) is 2.79. The lowest BCUT2D eigenvalue weighted by atomic mass is 9.90. The summed E-state index contributed by atoms with van der Waals surface area (Å²) in [5, 5.41) is 8.87. The number of nitrogens with zero attached hydrogens (tertiary/aromatic N) is 3. The molecule has 2 aliphatic rings. The second-order valence-electron chi connectivity index (χ2n) is 6.49. The highest BCUT2D eigenvalue weighted by Crippen LogP contribution is 2.34. The second kappa shape index (κ2) is 7.85. The second-order valence-corrected chi connectivity index (χ2v) is 8.89. The molecule has 1 aromatic carbocycles. The third kappa shape index (κ3) is 4.08. The van der Waals surface area contributed by atoms with E-state index in [1.165, 1.54) is 23.1 Å². The summed E-state index contributed by atoms with van der Waals surface area (Å²) in [5.74, 6) is 1.50. The summed E-state index contributed by atoms with van der Waals surface area (Å²) in [6.45, 7) is 3.23. The van der Waals surface area contributed by atoms with Crippen LogP contribution in [0.2, 0.25) is 0 Å². The topological polar surface area (TPSA) is 81.6 Å². The van der Waals surface area contributed by atoms with Gasteiger partial charge in [-0.1, -0.05) is 23.1 Å². The number of carbonyl (C=O) groups excluding carboxylic acids is 2. The molecule has 1 atom stereocenters. The van der Waals surface area contributed by atoms with Crippen molar-refractivity contribution in [3.05, 3.63) is 28.8 Å². The minimum absolute atomic E-state index is 0.0380. The highest BCUT2D eigenvalue weighted by molar-refractivity contribution is 8.01. The van der Waals surface area contributed by atoms with Crippen LogP contribution < -0.4 is 9.47 Å². The SMILES string of the molecule is Cc1nnc(SCC(=O)N2CCCC(C(=O)c3ccc4c(c3)OCO4)C2)s1. The van der Waals surface area contributed by atoms with E-state index in [0.29, 0.717) is 35.9 Å². The minimum Gasteiger partial charge on any atom is -0.454 e. The Hall–Kier alpha value is -2.13. The predicted molar refractivity (Wildman–Crippen MR) is 102 cm³/mol. The van der Waals surface area contributed by atoms with Crippen LogP contribution >= 0.6 is 23.1 Å². The summed E-state index contributed by atoms with van der Waals surface area (Å²) in [6, 6.07) is 5.27. The van der Waals surface area contributed by atoms with Crippen molar-refractivity contribution in [2.75, 3.05) is 25.6 Å². The lowest BCUT2D eigenvalue weighted by Crippen LogP contribution is -2.43. The van der Waals surface area contributed by atoms with E-state index in [1.54, 1.807) is 23.1 Å². The molecular weight excluding hydrogens is 386 g/mol. The number of aromatic nitrogens is 2. The molecule has 4 rings (SSSR count). The van der Waals surface area contributed by atoms with Crippen molar-refractivity contribution < 1.29 is 19.1 Å². The van der Waals surface area contributed by atoms with Crippen LogP contribution in [0.1, 0.15) is 28.2 Å². The highest BCUT2D eigenvalue weighted by atomic mass is 32.2. The van der Waals surface area contributed by atoms with Crippen LogP contribution in [0.3, 0.4) is 0 Å². The standard InChI is InChI=1S/C18H19N3O4S2/c1-11-19-20-18(27-11)26-9-16(22)21-6-2-3-13(8-21)17(23)12-4-5-14-15(7-12)25-10-24-14/h4-5,7,13H,2-3,6,8-10H2,1H3. The first-order valence-corrected chi connectivity index (χ1v) is 10.5. The van der Waals surface area contributed by atoms with E-state index < -0.39 is 0 Å². The van der Waals surface area contributed by atoms with Crippen molar-refractivity contribution in [1.82, 2.24) is 15.1 Å². The summed E-state index contributed by atoms with van der Waals surface area (Å²) in [4.78, 5) is 27.2. The van der Waals surface area contributed by atoms with Crippen LogP contribution in [0.15, 0.2) is 22.5 Å². The molecule has 0 bridgehead atoms. The fourth-order valence-corrected chi connectivity index (χ4v) is 4.97. The van der Waals surface area contributed by atoms with Crippen molar-refractivity contribution in [2.45, 2.75) is 24.1 Å². The number of likely N-dealkylation sites (tertiary alicyclic amines) is 1. The van der Waals surface area contributed by atoms with Crippen LogP contribution in [-0.2, 0) is 4.79 Å². The highest BCUT2D eigenvalue weighted by Gasteiger charge is 2.30. The number of Topliss-reactive ketones (excluding diaryl/α,β-unsaturated/α-hetero) is 1. The molecule has 1 saturated heterocycles. The van der Waals surface area contributed by atoms with Gasteiger partial charge in [-0.2, -0.15) is 0 Å². The molecule has 1 unspecified atom stereocenters. The number of benzene rings is 1. The molecule has 3 heterocycles. The Morgan fingerprint density at radius 1 is 1.30 bits per heavy atom. The normalized spacial score (nSPS) is 18.6. The van der Waals surface area contributed by atoms with E-state index in [0.717, 1.165) is 22.2 Å². The minimum atomic E-state index is -0.183. The lowest BCUT2D eigenvalue weighted by Gasteiger charge is -2.32. The maximum absolute atomic E-state index is 12.9. The molecule has 1 amide bonds. The van der Waals surface area contributed by atoms with Gasteiger partial charge in [-0.05, 0) is 38.0 Å². The number of fused-ring (bicyclic) bond motifs is 1. The Labute approximate surface area is 165 Å². The Kier molecular flexibility index (Phi) is 5.31. The van der Waals surface area contributed by atoms with E-state index in [2.05, 4.69) is 10.2 Å². The molecule has 1 fully saturated rings. The number of ketones is 1. The van der Waals surface area contributed by atoms with Gasteiger partial charge >= 0.3 is 0 Å². The summed E-state index contributed by atoms with van der Waals surface area (Å²) < 4.78 is 11.5.